The first-order chi connectivity index (χ1) is 9.90. The molecule has 0 atom stereocenters. The number of carbonyl (C=O) groups is 2. The van der Waals surface area contributed by atoms with E-state index in [1.807, 2.05) is 6.92 Å². The lowest BCUT2D eigenvalue weighted by atomic mass is 10.2. The fraction of sp³-hybridized carbons (Fsp3) is 0.286. The second-order valence-electron chi connectivity index (χ2n) is 4.43. The minimum absolute atomic E-state index is 0.269. The van der Waals surface area contributed by atoms with Gasteiger partial charge in [-0.05, 0) is 25.1 Å². The van der Waals surface area contributed by atoms with Crippen LogP contribution in [0.15, 0.2) is 30.4 Å². The molecule has 0 bridgehead atoms. The minimum atomic E-state index is -1.27. The number of urea groups is 1. The van der Waals surface area contributed by atoms with Gasteiger partial charge in [-0.2, -0.15) is 0 Å². The molecule has 1 aromatic carbocycles. The molecule has 4 N–H and O–H groups in total. The van der Waals surface area contributed by atoms with Crippen molar-refractivity contribution in [3.05, 3.63) is 35.9 Å². The number of ether oxygens (including phenoxy) is 1. The van der Waals surface area contributed by atoms with Crippen LogP contribution in [0, 0.1) is 0 Å². The first kappa shape index (κ1) is 16.5. The third-order valence-electron chi connectivity index (χ3n) is 2.37. The monoisotopic (exact) mass is 294 g/mol. The van der Waals surface area contributed by atoms with Gasteiger partial charge in [0.2, 0.25) is 0 Å². The molecule has 0 fully saturated rings. The Kier molecular flexibility index (Phi) is 6.22. The van der Waals surface area contributed by atoms with E-state index in [9.17, 15) is 14.7 Å². The molecule has 0 aliphatic carbocycles. The molecule has 0 saturated carbocycles. The van der Waals surface area contributed by atoms with Gasteiger partial charge in [-0.3, -0.25) is 0 Å². The van der Waals surface area contributed by atoms with Crippen LogP contribution >= 0.6 is 0 Å². The Balaban J connectivity index is 2.43. The maximum atomic E-state index is 11.6. The van der Waals surface area contributed by atoms with Crippen molar-refractivity contribution in [3.8, 4) is 5.75 Å². The van der Waals surface area contributed by atoms with E-state index in [-0.39, 0.29) is 17.0 Å². The highest BCUT2D eigenvalue weighted by Crippen LogP contribution is 2.21. The van der Waals surface area contributed by atoms with Gasteiger partial charge in [0.25, 0.3) is 0 Å². The summed E-state index contributed by atoms with van der Waals surface area (Å²) in [5, 5.41) is 23.2. The molecule has 0 aliphatic rings. The zero-order chi connectivity index (χ0) is 15.8. The number of rotatable bonds is 7. The van der Waals surface area contributed by atoms with Gasteiger partial charge in [0.1, 0.15) is 11.3 Å². The van der Waals surface area contributed by atoms with Gasteiger partial charge in [0.05, 0.1) is 13.2 Å². The summed E-state index contributed by atoms with van der Waals surface area (Å²) in [7, 11) is 0. The number of anilines is 1. The van der Waals surface area contributed by atoms with Crippen molar-refractivity contribution in [1.29, 1.82) is 0 Å². The summed E-state index contributed by atoms with van der Waals surface area (Å²) in [4.78, 5) is 22.4. The molecule has 0 heterocycles. The molecule has 0 aromatic heterocycles. The maximum absolute atomic E-state index is 11.6. The zero-order valence-electron chi connectivity index (χ0n) is 11.7. The number of nitrogens with one attached hydrogen (secondary N) is 2. The van der Waals surface area contributed by atoms with Crippen LogP contribution in [0.3, 0.4) is 0 Å². The first-order valence-corrected chi connectivity index (χ1v) is 6.23. The molecule has 7 nitrogen and oxygen atoms in total. The molecule has 1 aromatic rings. The van der Waals surface area contributed by atoms with E-state index in [1.165, 1.54) is 18.2 Å². The van der Waals surface area contributed by atoms with E-state index in [2.05, 4.69) is 17.2 Å². The Bertz CT molecular complexity index is 542. The van der Waals surface area contributed by atoms with E-state index >= 15 is 0 Å². The Labute approximate surface area is 122 Å². The highest BCUT2D eigenvalue weighted by Gasteiger charge is 2.11. The number of carboxylic acid groups (broad SMARTS) is 1. The Hall–Kier alpha value is -2.54. The van der Waals surface area contributed by atoms with Crippen molar-refractivity contribution in [2.75, 3.05) is 25.1 Å². The Morgan fingerprint density at radius 1 is 1.38 bits per heavy atom. The van der Waals surface area contributed by atoms with E-state index in [4.69, 9.17) is 9.84 Å². The lowest BCUT2D eigenvalue weighted by molar-refractivity contribution is 0.0693. The molecule has 0 unspecified atom stereocenters. The van der Waals surface area contributed by atoms with Gasteiger partial charge in [0.15, 0.2) is 0 Å². The standard InChI is InChI=1S/C14H18N2O5/c1-9(2)8-21-6-5-15-14(20)16-10-3-4-12(17)11(7-10)13(18)19/h3-4,7,17H,1,5-6,8H2,2H3,(H,18,19)(H2,15,16,20). The van der Waals surface area contributed by atoms with Crippen LogP contribution in [0.1, 0.15) is 17.3 Å². The number of amides is 2. The molecule has 114 valence electrons. The largest absolute Gasteiger partial charge is 0.507 e. The predicted molar refractivity (Wildman–Crippen MR) is 77.7 cm³/mol. The fourth-order valence-electron chi connectivity index (χ4n) is 1.44. The number of carboxylic acids is 1. The molecule has 0 radical (unpaired) electrons. The average Bonchev–Trinajstić information content (AvgIpc) is 2.40. The topological polar surface area (TPSA) is 108 Å². The van der Waals surface area contributed by atoms with Crippen molar-refractivity contribution in [2.24, 2.45) is 0 Å². The van der Waals surface area contributed by atoms with Crippen LogP contribution < -0.4 is 10.6 Å². The van der Waals surface area contributed by atoms with Crippen LogP contribution in [0.4, 0.5) is 10.5 Å². The number of hydrogen-bond donors (Lipinski definition) is 4. The normalized spacial score (nSPS) is 9.95. The third-order valence-corrected chi connectivity index (χ3v) is 2.37. The van der Waals surface area contributed by atoms with E-state index < -0.39 is 12.0 Å². The molecule has 0 saturated heterocycles. The molecule has 1 rings (SSSR count). The summed E-state index contributed by atoms with van der Waals surface area (Å²) < 4.78 is 5.21. The lowest BCUT2D eigenvalue weighted by Gasteiger charge is -2.09. The van der Waals surface area contributed by atoms with Crippen molar-refractivity contribution >= 4 is 17.7 Å². The number of phenols is 1. The average molecular weight is 294 g/mol. The number of benzene rings is 1. The van der Waals surface area contributed by atoms with Gasteiger partial charge in [0, 0.05) is 12.2 Å². The van der Waals surface area contributed by atoms with E-state index in [0.29, 0.717) is 19.8 Å². The molecule has 0 aliphatic heterocycles. The fourth-order valence-corrected chi connectivity index (χ4v) is 1.44. The summed E-state index contributed by atoms with van der Waals surface area (Å²) >= 11 is 0. The molecule has 0 spiro atoms. The summed E-state index contributed by atoms with van der Waals surface area (Å²) in [6.07, 6.45) is 0. The van der Waals surface area contributed by atoms with Gasteiger partial charge in [-0.25, -0.2) is 9.59 Å². The van der Waals surface area contributed by atoms with Crippen molar-refractivity contribution in [3.63, 3.8) is 0 Å². The highest BCUT2D eigenvalue weighted by molar-refractivity contribution is 5.95. The number of hydrogen-bond acceptors (Lipinski definition) is 4. The third kappa shape index (κ3) is 5.96. The van der Waals surface area contributed by atoms with Crippen LogP contribution in [-0.4, -0.2) is 42.0 Å². The minimum Gasteiger partial charge on any atom is -0.507 e. The Morgan fingerprint density at radius 3 is 2.71 bits per heavy atom. The smallest absolute Gasteiger partial charge is 0.339 e. The second-order valence-corrected chi connectivity index (χ2v) is 4.43. The number of aromatic hydroxyl groups is 1. The predicted octanol–water partition coefficient (Wildman–Crippen LogP) is 1.80. The summed E-state index contributed by atoms with van der Waals surface area (Å²) in [6, 6.07) is 3.29. The zero-order valence-corrected chi connectivity index (χ0v) is 11.7. The summed E-state index contributed by atoms with van der Waals surface area (Å²) in [5.74, 6) is -1.63. The Morgan fingerprint density at radius 2 is 2.10 bits per heavy atom. The van der Waals surface area contributed by atoms with Gasteiger partial charge >= 0.3 is 12.0 Å². The second kappa shape index (κ2) is 7.91. The van der Waals surface area contributed by atoms with Crippen molar-refractivity contribution in [2.45, 2.75) is 6.92 Å². The quantitative estimate of drug-likeness (QED) is 0.348. The molecular formula is C14H18N2O5. The van der Waals surface area contributed by atoms with E-state index in [1.54, 1.807) is 0 Å². The SMILES string of the molecule is C=C(C)COCCNC(=O)Nc1ccc(O)c(C(=O)O)c1. The highest BCUT2D eigenvalue weighted by atomic mass is 16.5. The molecular weight excluding hydrogens is 276 g/mol. The lowest BCUT2D eigenvalue weighted by Crippen LogP contribution is -2.31. The van der Waals surface area contributed by atoms with Crippen molar-refractivity contribution < 1.29 is 24.5 Å². The maximum Gasteiger partial charge on any atom is 0.339 e. The van der Waals surface area contributed by atoms with Gasteiger partial charge in [-0.1, -0.05) is 12.2 Å². The molecule has 2 amide bonds. The number of carbonyl (C=O) groups excluding carboxylic acids is 1. The number of aromatic carboxylic acids is 1. The first-order valence-electron chi connectivity index (χ1n) is 6.23. The van der Waals surface area contributed by atoms with E-state index in [0.717, 1.165) is 5.57 Å². The summed E-state index contributed by atoms with van der Waals surface area (Å²) in [5.41, 5.74) is 0.882. The van der Waals surface area contributed by atoms with Crippen LogP contribution in [0.2, 0.25) is 0 Å². The summed E-state index contributed by atoms with van der Waals surface area (Å²) in [6.45, 7) is 6.60. The van der Waals surface area contributed by atoms with Crippen molar-refractivity contribution in [1.82, 2.24) is 5.32 Å². The van der Waals surface area contributed by atoms with Crippen LogP contribution in [0.5, 0.6) is 5.75 Å². The van der Waals surface area contributed by atoms with Gasteiger partial charge < -0.3 is 25.6 Å². The van der Waals surface area contributed by atoms with Crippen LogP contribution in [0.25, 0.3) is 0 Å². The van der Waals surface area contributed by atoms with Gasteiger partial charge in [-0.15, -0.1) is 0 Å². The molecule has 21 heavy (non-hydrogen) atoms. The van der Waals surface area contributed by atoms with Crippen LogP contribution in [-0.2, 0) is 4.74 Å². The molecule has 7 heteroatoms.